The van der Waals surface area contributed by atoms with Crippen LogP contribution in [0.2, 0.25) is 5.02 Å². The molecular formula is C13H18ClNO3. The van der Waals surface area contributed by atoms with Crippen LogP contribution >= 0.6 is 11.6 Å². The predicted molar refractivity (Wildman–Crippen MR) is 70.9 cm³/mol. The van der Waals surface area contributed by atoms with Crippen molar-refractivity contribution in [1.82, 2.24) is 4.90 Å². The summed E-state index contributed by atoms with van der Waals surface area (Å²) in [4.78, 5) is 12.6. The number of nitrogens with zero attached hydrogens (tertiary/aromatic N) is 1. The summed E-state index contributed by atoms with van der Waals surface area (Å²) >= 11 is 6.03. The van der Waals surface area contributed by atoms with Crippen LogP contribution in [0.3, 0.4) is 0 Å². The molecule has 1 aromatic carbocycles. The quantitative estimate of drug-likeness (QED) is 0.884. The van der Waals surface area contributed by atoms with E-state index >= 15 is 0 Å². The topological polar surface area (TPSA) is 60.8 Å². The SMILES string of the molecule is CC(C)(C)N(CC(=O)O)Cc1c(O)cccc1Cl. The second kappa shape index (κ2) is 5.59. The second-order valence-electron chi connectivity index (χ2n) is 5.16. The molecule has 0 unspecified atom stereocenters. The largest absolute Gasteiger partial charge is 0.508 e. The fourth-order valence-electron chi connectivity index (χ4n) is 1.59. The number of halogens is 1. The number of carbonyl (C=O) groups is 1. The van der Waals surface area contributed by atoms with Crippen molar-refractivity contribution < 1.29 is 15.0 Å². The van der Waals surface area contributed by atoms with Crippen molar-refractivity contribution in [2.24, 2.45) is 0 Å². The number of carboxylic acids is 1. The lowest BCUT2D eigenvalue weighted by Crippen LogP contribution is -2.43. The number of benzene rings is 1. The van der Waals surface area contributed by atoms with Crippen LogP contribution in [-0.2, 0) is 11.3 Å². The van der Waals surface area contributed by atoms with Gasteiger partial charge in [-0.15, -0.1) is 0 Å². The number of aromatic hydroxyl groups is 1. The fourth-order valence-corrected chi connectivity index (χ4v) is 1.82. The van der Waals surface area contributed by atoms with Crippen LogP contribution in [0.25, 0.3) is 0 Å². The zero-order valence-corrected chi connectivity index (χ0v) is 11.5. The maximum absolute atomic E-state index is 10.9. The van der Waals surface area contributed by atoms with Gasteiger partial charge in [0.05, 0.1) is 6.54 Å². The van der Waals surface area contributed by atoms with E-state index in [4.69, 9.17) is 16.7 Å². The van der Waals surface area contributed by atoms with Crippen LogP contribution in [0.5, 0.6) is 5.75 Å². The Hall–Kier alpha value is -1.26. The summed E-state index contributed by atoms with van der Waals surface area (Å²) in [7, 11) is 0. The van der Waals surface area contributed by atoms with Gasteiger partial charge in [0.15, 0.2) is 0 Å². The van der Waals surface area contributed by atoms with Crippen molar-refractivity contribution in [2.75, 3.05) is 6.54 Å². The van der Waals surface area contributed by atoms with Gasteiger partial charge in [0.2, 0.25) is 0 Å². The molecule has 1 aromatic rings. The molecule has 0 aromatic heterocycles. The molecule has 0 fully saturated rings. The highest BCUT2D eigenvalue weighted by atomic mass is 35.5. The maximum Gasteiger partial charge on any atom is 0.317 e. The van der Waals surface area contributed by atoms with E-state index in [0.717, 1.165) is 0 Å². The number of phenols is 1. The molecule has 0 bridgehead atoms. The Morgan fingerprint density at radius 1 is 1.39 bits per heavy atom. The molecule has 0 spiro atoms. The van der Waals surface area contributed by atoms with Crippen LogP contribution in [0.1, 0.15) is 26.3 Å². The minimum Gasteiger partial charge on any atom is -0.508 e. The minimum atomic E-state index is -0.906. The standard InChI is InChI=1S/C13H18ClNO3/c1-13(2,3)15(8-12(17)18)7-9-10(14)5-4-6-11(9)16/h4-6,16H,7-8H2,1-3H3,(H,17,18). The highest BCUT2D eigenvalue weighted by molar-refractivity contribution is 6.31. The number of aliphatic carboxylic acids is 1. The minimum absolute atomic E-state index is 0.0853. The van der Waals surface area contributed by atoms with Crippen LogP contribution in [-0.4, -0.2) is 33.2 Å². The monoisotopic (exact) mass is 271 g/mol. The Morgan fingerprint density at radius 2 is 2.00 bits per heavy atom. The molecule has 0 saturated heterocycles. The number of rotatable bonds is 4. The zero-order valence-electron chi connectivity index (χ0n) is 10.8. The summed E-state index contributed by atoms with van der Waals surface area (Å²) in [5, 5.41) is 19.1. The first-order chi connectivity index (χ1) is 8.21. The van der Waals surface area contributed by atoms with Crippen molar-refractivity contribution >= 4 is 17.6 Å². The van der Waals surface area contributed by atoms with Gasteiger partial charge < -0.3 is 10.2 Å². The molecule has 1 rings (SSSR count). The fraction of sp³-hybridized carbons (Fsp3) is 0.462. The van der Waals surface area contributed by atoms with Crippen LogP contribution in [0.15, 0.2) is 18.2 Å². The normalized spacial score (nSPS) is 11.8. The third kappa shape index (κ3) is 3.89. The number of carboxylic acid groups (broad SMARTS) is 1. The lowest BCUT2D eigenvalue weighted by Gasteiger charge is -2.34. The molecule has 5 heteroatoms. The highest BCUT2D eigenvalue weighted by Gasteiger charge is 2.25. The predicted octanol–water partition coefficient (Wildman–Crippen LogP) is 2.73. The van der Waals surface area contributed by atoms with E-state index in [1.165, 1.54) is 0 Å². The van der Waals surface area contributed by atoms with Crippen molar-refractivity contribution in [3.8, 4) is 5.75 Å². The number of hydrogen-bond acceptors (Lipinski definition) is 3. The lowest BCUT2D eigenvalue weighted by molar-refractivity contribution is -0.139. The molecule has 0 saturated carbocycles. The van der Waals surface area contributed by atoms with Gasteiger partial charge in [0.25, 0.3) is 0 Å². The van der Waals surface area contributed by atoms with Crippen molar-refractivity contribution in [3.63, 3.8) is 0 Å². The maximum atomic E-state index is 10.9. The van der Waals surface area contributed by atoms with Crippen molar-refractivity contribution in [1.29, 1.82) is 0 Å². The molecule has 0 atom stereocenters. The molecule has 0 heterocycles. The van der Waals surface area contributed by atoms with Crippen LogP contribution in [0.4, 0.5) is 0 Å². The van der Waals surface area contributed by atoms with Gasteiger partial charge in [-0.25, -0.2) is 0 Å². The van der Waals surface area contributed by atoms with Crippen LogP contribution < -0.4 is 0 Å². The second-order valence-corrected chi connectivity index (χ2v) is 5.57. The van der Waals surface area contributed by atoms with Gasteiger partial charge >= 0.3 is 5.97 Å². The first-order valence-electron chi connectivity index (χ1n) is 5.65. The lowest BCUT2D eigenvalue weighted by atomic mass is 10.0. The molecule has 2 N–H and O–H groups in total. The molecule has 100 valence electrons. The Bertz CT molecular complexity index is 420. The van der Waals surface area contributed by atoms with E-state index in [-0.39, 0.29) is 17.8 Å². The molecular weight excluding hydrogens is 254 g/mol. The highest BCUT2D eigenvalue weighted by Crippen LogP contribution is 2.28. The molecule has 0 aliphatic rings. The average molecular weight is 272 g/mol. The average Bonchev–Trinajstić information content (AvgIpc) is 2.20. The van der Waals surface area contributed by atoms with E-state index in [2.05, 4.69) is 0 Å². The smallest absolute Gasteiger partial charge is 0.317 e. The summed E-state index contributed by atoms with van der Waals surface area (Å²) in [6.07, 6.45) is 0. The Labute approximate surface area is 112 Å². The van der Waals surface area contributed by atoms with E-state index in [0.29, 0.717) is 17.1 Å². The summed E-state index contributed by atoms with van der Waals surface area (Å²) < 4.78 is 0. The van der Waals surface area contributed by atoms with E-state index < -0.39 is 5.97 Å². The van der Waals surface area contributed by atoms with E-state index in [1.54, 1.807) is 23.1 Å². The van der Waals surface area contributed by atoms with E-state index in [1.807, 2.05) is 20.8 Å². The molecule has 18 heavy (non-hydrogen) atoms. The van der Waals surface area contributed by atoms with Gasteiger partial charge in [-0.3, -0.25) is 9.69 Å². The van der Waals surface area contributed by atoms with Gasteiger partial charge in [-0.1, -0.05) is 17.7 Å². The van der Waals surface area contributed by atoms with Gasteiger partial charge in [0, 0.05) is 22.7 Å². The molecule has 0 aliphatic heterocycles. The molecule has 4 nitrogen and oxygen atoms in total. The molecule has 0 aliphatic carbocycles. The molecule has 0 amide bonds. The van der Waals surface area contributed by atoms with Crippen molar-refractivity contribution in [3.05, 3.63) is 28.8 Å². The first-order valence-corrected chi connectivity index (χ1v) is 6.03. The van der Waals surface area contributed by atoms with Gasteiger partial charge in [0.1, 0.15) is 5.75 Å². The Kier molecular flexibility index (Phi) is 4.59. The summed E-state index contributed by atoms with van der Waals surface area (Å²) in [5.74, 6) is -0.821. The third-order valence-corrected chi connectivity index (χ3v) is 3.07. The van der Waals surface area contributed by atoms with Crippen molar-refractivity contribution in [2.45, 2.75) is 32.9 Å². The summed E-state index contributed by atoms with van der Waals surface area (Å²) in [5.41, 5.74) is 0.222. The van der Waals surface area contributed by atoms with E-state index in [9.17, 15) is 9.90 Å². The van der Waals surface area contributed by atoms with Crippen LogP contribution in [0, 0.1) is 0 Å². The molecule has 0 radical (unpaired) electrons. The van der Waals surface area contributed by atoms with Gasteiger partial charge in [-0.2, -0.15) is 0 Å². The summed E-state index contributed by atoms with van der Waals surface area (Å²) in [6.45, 7) is 5.95. The Balaban J connectivity index is 3.00. The summed E-state index contributed by atoms with van der Waals surface area (Å²) in [6, 6.07) is 4.88. The third-order valence-electron chi connectivity index (χ3n) is 2.72. The number of hydrogen-bond donors (Lipinski definition) is 2. The van der Waals surface area contributed by atoms with Gasteiger partial charge in [-0.05, 0) is 32.9 Å². The first kappa shape index (κ1) is 14.8. The zero-order chi connectivity index (χ0) is 13.9. The number of phenolic OH excluding ortho intramolecular Hbond substituents is 1. The Morgan fingerprint density at radius 3 is 2.44 bits per heavy atom.